The van der Waals surface area contributed by atoms with Gasteiger partial charge in [-0.2, -0.15) is 13.2 Å². The predicted molar refractivity (Wildman–Crippen MR) is 77.3 cm³/mol. The number of carbonyl (C=O) groups is 3. The molecule has 1 aliphatic carbocycles. The summed E-state index contributed by atoms with van der Waals surface area (Å²) < 4.78 is 37.5. The Morgan fingerprint density at radius 2 is 1.83 bits per heavy atom. The lowest BCUT2D eigenvalue weighted by Gasteiger charge is -2.27. The highest BCUT2D eigenvalue weighted by Crippen LogP contribution is 2.29. The van der Waals surface area contributed by atoms with Gasteiger partial charge in [0.05, 0.1) is 5.56 Å². The molecule has 5 nitrogen and oxygen atoms in total. The molecule has 0 aliphatic heterocycles. The smallest absolute Gasteiger partial charge is 0.416 e. The maximum Gasteiger partial charge on any atom is 0.416 e. The fourth-order valence-electron chi connectivity index (χ4n) is 2.76. The Bertz CT molecular complexity index is 640. The van der Waals surface area contributed by atoms with E-state index >= 15 is 0 Å². The second-order valence-electron chi connectivity index (χ2n) is 5.76. The van der Waals surface area contributed by atoms with Gasteiger partial charge in [-0.3, -0.25) is 9.59 Å². The molecule has 1 amide bonds. The lowest BCUT2D eigenvalue weighted by atomic mass is 9.83. The fraction of sp³-hybridized carbons (Fsp3) is 0.438. The second-order valence-corrected chi connectivity index (χ2v) is 5.76. The molecule has 2 rings (SSSR count). The van der Waals surface area contributed by atoms with Gasteiger partial charge < -0.3 is 10.4 Å². The molecule has 0 aromatic heterocycles. The minimum atomic E-state index is -4.51. The average molecular weight is 343 g/mol. The van der Waals surface area contributed by atoms with Crippen LogP contribution in [0.1, 0.15) is 41.6 Å². The number of nitrogens with one attached hydrogen (secondary N) is 1. The Kier molecular flexibility index (Phi) is 5.26. The Hall–Kier alpha value is -2.38. The highest BCUT2D eigenvalue weighted by atomic mass is 19.4. The molecule has 0 spiro atoms. The quantitative estimate of drug-likeness (QED) is 0.880. The molecule has 1 saturated carbocycles. The number of carboxylic acid groups (broad SMARTS) is 1. The number of Topliss-reactive ketones (excluding diaryl/α,β-unsaturated/α-hetero) is 1. The summed E-state index contributed by atoms with van der Waals surface area (Å²) in [7, 11) is 0. The summed E-state index contributed by atoms with van der Waals surface area (Å²) in [5.41, 5.74) is -0.969. The SMILES string of the molecule is O=C1CCC[C@H]([C@@H](NC(=O)c2ccc(C(F)(F)F)cc2)C(=O)O)C1. The number of alkyl halides is 3. The predicted octanol–water partition coefficient (Wildman–Crippen LogP) is 2.65. The van der Waals surface area contributed by atoms with Crippen molar-refractivity contribution in [3.05, 3.63) is 35.4 Å². The number of ketones is 1. The zero-order valence-electron chi connectivity index (χ0n) is 12.6. The number of benzene rings is 1. The van der Waals surface area contributed by atoms with Crippen LogP contribution in [0.25, 0.3) is 0 Å². The van der Waals surface area contributed by atoms with Crippen molar-refractivity contribution in [2.24, 2.45) is 5.92 Å². The molecule has 1 aromatic carbocycles. The van der Waals surface area contributed by atoms with Gasteiger partial charge in [-0.25, -0.2) is 4.79 Å². The Balaban J connectivity index is 2.10. The molecular formula is C16H16F3NO4. The summed E-state index contributed by atoms with van der Waals surface area (Å²) in [6.45, 7) is 0. The molecule has 24 heavy (non-hydrogen) atoms. The molecule has 8 heteroatoms. The van der Waals surface area contributed by atoms with Gasteiger partial charge in [0.15, 0.2) is 0 Å². The fourth-order valence-corrected chi connectivity index (χ4v) is 2.76. The lowest BCUT2D eigenvalue weighted by Crippen LogP contribution is -2.47. The van der Waals surface area contributed by atoms with Crippen LogP contribution in [-0.4, -0.2) is 28.8 Å². The summed E-state index contributed by atoms with van der Waals surface area (Å²) in [6, 6.07) is 2.25. The summed E-state index contributed by atoms with van der Waals surface area (Å²) in [5.74, 6) is -2.62. The lowest BCUT2D eigenvalue weighted by molar-refractivity contribution is -0.141. The van der Waals surface area contributed by atoms with E-state index in [2.05, 4.69) is 5.32 Å². The van der Waals surface area contributed by atoms with Crippen LogP contribution in [0.4, 0.5) is 13.2 Å². The first kappa shape index (κ1) is 18.0. The largest absolute Gasteiger partial charge is 0.480 e. The maximum atomic E-state index is 12.5. The van der Waals surface area contributed by atoms with E-state index < -0.39 is 35.6 Å². The van der Waals surface area contributed by atoms with Crippen molar-refractivity contribution < 1.29 is 32.7 Å². The normalized spacial score (nSPS) is 19.6. The molecule has 1 fully saturated rings. The van der Waals surface area contributed by atoms with E-state index in [1.807, 2.05) is 0 Å². The molecule has 0 radical (unpaired) electrons. The van der Waals surface area contributed by atoms with E-state index in [-0.39, 0.29) is 17.8 Å². The van der Waals surface area contributed by atoms with E-state index in [0.29, 0.717) is 19.3 Å². The highest BCUT2D eigenvalue weighted by Gasteiger charge is 2.34. The minimum absolute atomic E-state index is 0.0544. The molecule has 1 aromatic rings. The number of halogens is 3. The van der Waals surface area contributed by atoms with E-state index in [4.69, 9.17) is 0 Å². The van der Waals surface area contributed by atoms with E-state index in [1.54, 1.807) is 0 Å². The summed E-state index contributed by atoms with van der Waals surface area (Å²) in [4.78, 5) is 35.0. The van der Waals surface area contributed by atoms with E-state index in [0.717, 1.165) is 24.3 Å². The van der Waals surface area contributed by atoms with E-state index in [1.165, 1.54) is 0 Å². The van der Waals surface area contributed by atoms with Crippen molar-refractivity contribution in [1.29, 1.82) is 0 Å². The maximum absolute atomic E-state index is 12.5. The van der Waals surface area contributed by atoms with Crippen molar-refractivity contribution >= 4 is 17.7 Å². The van der Waals surface area contributed by atoms with Crippen LogP contribution in [0.3, 0.4) is 0 Å². The van der Waals surface area contributed by atoms with Gasteiger partial charge in [-0.05, 0) is 43.0 Å². The third-order valence-corrected chi connectivity index (χ3v) is 4.02. The Labute approximate surface area is 135 Å². The van der Waals surface area contributed by atoms with Gasteiger partial charge in [0.2, 0.25) is 0 Å². The molecule has 130 valence electrons. The topological polar surface area (TPSA) is 83.5 Å². The Morgan fingerprint density at radius 1 is 1.21 bits per heavy atom. The van der Waals surface area contributed by atoms with Crippen molar-refractivity contribution in [2.75, 3.05) is 0 Å². The number of hydrogen-bond acceptors (Lipinski definition) is 3. The summed E-state index contributed by atoms with van der Waals surface area (Å²) in [5, 5.41) is 11.6. The highest BCUT2D eigenvalue weighted by molar-refractivity contribution is 5.96. The van der Waals surface area contributed by atoms with Crippen molar-refractivity contribution in [2.45, 2.75) is 37.9 Å². The van der Waals surface area contributed by atoms with Gasteiger partial charge in [0.25, 0.3) is 5.91 Å². The van der Waals surface area contributed by atoms with Crippen molar-refractivity contribution in [1.82, 2.24) is 5.32 Å². The minimum Gasteiger partial charge on any atom is -0.480 e. The van der Waals surface area contributed by atoms with Crippen LogP contribution >= 0.6 is 0 Å². The monoisotopic (exact) mass is 343 g/mol. The number of aliphatic carboxylic acids is 1. The molecule has 0 heterocycles. The second kappa shape index (κ2) is 7.02. The van der Waals surface area contributed by atoms with Crippen molar-refractivity contribution in [3.8, 4) is 0 Å². The van der Waals surface area contributed by atoms with Crippen LogP contribution in [0.2, 0.25) is 0 Å². The van der Waals surface area contributed by atoms with Gasteiger partial charge in [0, 0.05) is 18.4 Å². The molecule has 0 bridgehead atoms. The third-order valence-electron chi connectivity index (χ3n) is 4.02. The first-order chi connectivity index (χ1) is 11.2. The van der Waals surface area contributed by atoms with Crippen molar-refractivity contribution in [3.63, 3.8) is 0 Å². The van der Waals surface area contributed by atoms with Crippen LogP contribution in [-0.2, 0) is 15.8 Å². The molecule has 2 N–H and O–H groups in total. The zero-order chi connectivity index (χ0) is 17.9. The van der Waals surface area contributed by atoms with Gasteiger partial charge >= 0.3 is 12.1 Å². The summed E-state index contributed by atoms with van der Waals surface area (Å²) in [6.07, 6.45) is -2.99. The first-order valence-electron chi connectivity index (χ1n) is 7.41. The van der Waals surface area contributed by atoms with Crippen LogP contribution in [0, 0.1) is 5.92 Å². The molecular weight excluding hydrogens is 327 g/mol. The van der Waals surface area contributed by atoms with Crippen LogP contribution in [0.15, 0.2) is 24.3 Å². The number of rotatable bonds is 4. The Morgan fingerprint density at radius 3 is 2.33 bits per heavy atom. The van der Waals surface area contributed by atoms with E-state index in [9.17, 15) is 32.7 Å². The van der Waals surface area contributed by atoms with Gasteiger partial charge in [0.1, 0.15) is 11.8 Å². The molecule has 1 aliphatic rings. The van der Waals surface area contributed by atoms with Gasteiger partial charge in [-0.1, -0.05) is 0 Å². The number of carboxylic acids is 1. The number of carbonyl (C=O) groups excluding carboxylic acids is 2. The molecule has 0 saturated heterocycles. The van der Waals surface area contributed by atoms with Crippen LogP contribution in [0.5, 0.6) is 0 Å². The number of amides is 1. The first-order valence-corrected chi connectivity index (χ1v) is 7.41. The molecule has 2 atom stereocenters. The summed E-state index contributed by atoms with van der Waals surface area (Å²) >= 11 is 0. The zero-order valence-corrected chi connectivity index (χ0v) is 12.6. The third kappa shape index (κ3) is 4.33. The van der Waals surface area contributed by atoms with Gasteiger partial charge in [-0.15, -0.1) is 0 Å². The number of hydrogen-bond donors (Lipinski definition) is 2. The average Bonchev–Trinajstić information content (AvgIpc) is 2.51. The van der Waals surface area contributed by atoms with Crippen LogP contribution < -0.4 is 5.32 Å². The standard InChI is InChI=1S/C16H16F3NO4/c17-16(18,19)11-6-4-9(5-7-11)14(22)20-13(15(23)24)10-2-1-3-12(21)8-10/h4-7,10,13H,1-3,8H2,(H,20,22)(H,23,24)/t10-,13+/m0/s1. The molecule has 0 unspecified atom stereocenters.